The maximum atomic E-state index is 12.4. The summed E-state index contributed by atoms with van der Waals surface area (Å²) in [6, 6.07) is 3.98. The van der Waals surface area contributed by atoms with Gasteiger partial charge >= 0.3 is 5.97 Å². The number of carbonyl (C=O) groups excluding carboxylic acids is 1. The molecule has 0 unspecified atom stereocenters. The highest BCUT2D eigenvalue weighted by Gasteiger charge is 2.40. The molecule has 26 heavy (non-hydrogen) atoms. The number of amides is 1. The Morgan fingerprint density at radius 2 is 1.96 bits per heavy atom. The van der Waals surface area contributed by atoms with Crippen LogP contribution in [0.4, 0.5) is 0 Å². The van der Waals surface area contributed by atoms with Gasteiger partial charge in [0.15, 0.2) is 0 Å². The Hall–Kier alpha value is -2.17. The van der Waals surface area contributed by atoms with Crippen molar-refractivity contribution in [1.82, 2.24) is 10.0 Å². The van der Waals surface area contributed by atoms with Gasteiger partial charge in [-0.05, 0) is 38.1 Å². The average molecular weight is 386 g/mol. The van der Waals surface area contributed by atoms with Gasteiger partial charge < -0.3 is 19.9 Å². The minimum atomic E-state index is -3.82. The van der Waals surface area contributed by atoms with Crippen molar-refractivity contribution in [1.29, 1.82) is 0 Å². The molecule has 1 aliphatic heterocycles. The molecule has 1 fully saturated rings. The van der Waals surface area contributed by atoms with E-state index < -0.39 is 27.3 Å². The molecule has 1 amide bonds. The summed E-state index contributed by atoms with van der Waals surface area (Å²) in [6.45, 7) is 0.565. The summed E-state index contributed by atoms with van der Waals surface area (Å²) in [6.07, 6.45) is 0.592. The zero-order valence-corrected chi connectivity index (χ0v) is 15.4. The van der Waals surface area contributed by atoms with Gasteiger partial charge in [-0.1, -0.05) is 0 Å². The minimum absolute atomic E-state index is 0.0648. The Kier molecular flexibility index (Phi) is 6.21. The lowest BCUT2D eigenvalue weighted by Gasteiger charge is -2.33. The highest BCUT2D eigenvalue weighted by Crippen LogP contribution is 2.30. The number of rotatable bonds is 7. The van der Waals surface area contributed by atoms with E-state index in [2.05, 4.69) is 10.0 Å². The van der Waals surface area contributed by atoms with Crippen molar-refractivity contribution in [2.45, 2.75) is 17.7 Å². The molecule has 0 saturated carbocycles. The van der Waals surface area contributed by atoms with Gasteiger partial charge in [0.25, 0.3) is 5.91 Å². The SMILES string of the molecule is CNS(=O)(=O)c1cc(C(=O)NCC2(C(=O)O)CCOCC2)ccc1OC. The fourth-order valence-corrected chi connectivity index (χ4v) is 3.64. The summed E-state index contributed by atoms with van der Waals surface area (Å²) in [7, 11) is -1.25. The standard InChI is InChI=1S/C16H22N2O7S/c1-17-26(22,23)13-9-11(3-4-12(13)24-2)14(19)18-10-16(15(20)21)5-7-25-8-6-16/h3-4,9,17H,5-8,10H2,1-2H3,(H,18,19)(H,20,21). The molecule has 3 N–H and O–H groups in total. The monoisotopic (exact) mass is 386 g/mol. The van der Waals surface area contributed by atoms with Crippen LogP contribution in [0.2, 0.25) is 0 Å². The number of hydrogen-bond donors (Lipinski definition) is 3. The molecular formula is C16H22N2O7S. The third-order valence-corrected chi connectivity index (χ3v) is 5.91. The Labute approximate surface area is 151 Å². The van der Waals surface area contributed by atoms with E-state index >= 15 is 0 Å². The largest absolute Gasteiger partial charge is 0.495 e. The van der Waals surface area contributed by atoms with E-state index in [4.69, 9.17) is 9.47 Å². The number of hydrogen-bond acceptors (Lipinski definition) is 6. The van der Waals surface area contributed by atoms with Crippen molar-refractivity contribution in [2.24, 2.45) is 5.41 Å². The van der Waals surface area contributed by atoms with Crippen LogP contribution in [-0.2, 0) is 19.6 Å². The number of sulfonamides is 1. The lowest BCUT2D eigenvalue weighted by Crippen LogP contribution is -2.46. The van der Waals surface area contributed by atoms with E-state index in [1.807, 2.05) is 0 Å². The van der Waals surface area contributed by atoms with Gasteiger partial charge in [0.1, 0.15) is 10.6 Å². The first-order valence-corrected chi connectivity index (χ1v) is 9.45. The van der Waals surface area contributed by atoms with Crippen LogP contribution >= 0.6 is 0 Å². The fraction of sp³-hybridized carbons (Fsp3) is 0.500. The highest BCUT2D eigenvalue weighted by molar-refractivity contribution is 7.89. The van der Waals surface area contributed by atoms with Crippen molar-refractivity contribution < 1.29 is 32.6 Å². The molecule has 9 nitrogen and oxygen atoms in total. The van der Waals surface area contributed by atoms with Gasteiger partial charge in [-0.3, -0.25) is 9.59 Å². The molecule has 0 aromatic heterocycles. The van der Waals surface area contributed by atoms with E-state index in [9.17, 15) is 23.1 Å². The van der Waals surface area contributed by atoms with Crippen molar-refractivity contribution in [3.05, 3.63) is 23.8 Å². The molecule has 1 heterocycles. The normalized spacial score (nSPS) is 16.7. The zero-order chi connectivity index (χ0) is 19.4. The number of methoxy groups -OCH3 is 1. The fourth-order valence-electron chi connectivity index (χ4n) is 2.72. The predicted molar refractivity (Wildman–Crippen MR) is 91.7 cm³/mol. The van der Waals surface area contributed by atoms with E-state index in [-0.39, 0.29) is 22.8 Å². The van der Waals surface area contributed by atoms with Crippen molar-refractivity contribution in [3.8, 4) is 5.75 Å². The highest BCUT2D eigenvalue weighted by atomic mass is 32.2. The van der Waals surface area contributed by atoms with Crippen LogP contribution in [0.5, 0.6) is 5.75 Å². The summed E-state index contributed by atoms with van der Waals surface area (Å²) >= 11 is 0. The maximum Gasteiger partial charge on any atom is 0.311 e. The molecule has 144 valence electrons. The Balaban J connectivity index is 2.22. The Morgan fingerprint density at radius 1 is 1.31 bits per heavy atom. The van der Waals surface area contributed by atoms with Gasteiger partial charge in [-0.2, -0.15) is 0 Å². The molecule has 10 heteroatoms. The van der Waals surface area contributed by atoms with Crippen LogP contribution < -0.4 is 14.8 Å². The average Bonchev–Trinajstić information content (AvgIpc) is 2.66. The van der Waals surface area contributed by atoms with Gasteiger partial charge in [0.05, 0.1) is 12.5 Å². The van der Waals surface area contributed by atoms with E-state index in [1.54, 1.807) is 0 Å². The summed E-state index contributed by atoms with van der Waals surface area (Å²) in [5.41, 5.74) is -0.993. The molecule has 0 spiro atoms. The molecule has 0 bridgehead atoms. The van der Waals surface area contributed by atoms with Crippen LogP contribution in [0.3, 0.4) is 0 Å². The minimum Gasteiger partial charge on any atom is -0.495 e. The summed E-state index contributed by atoms with van der Waals surface area (Å²) in [5, 5.41) is 12.1. The van der Waals surface area contributed by atoms with Crippen LogP contribution in [-0.4, -0.2) is 59.3 Å². The van der Waals surface area contributed by atoms with E-state index in [0.29, 0.717) is 26.1 Å². The van der Waals surface area contributed by atoms with Crippen LogP contribution in [0.15, 0.2) is 23.1 Å². The summed E-state index contributed by atoms with van der Waals surface area (Å²) < 4.78 is 36.6. The van der Waals surface area contributed by atoms with Gasteiger partial charge in [-0.15, -0.1) is 0 Å². The van der Waals surface area contributed by atoms with Gasteiger partial charge in [0.2, 0.25) is 10.0 Å². The van der Waals surface area contributed by atoms with E-state index in [1.165, 1.54) is 32.4 Å². The van der Waals surface area contributed by atoms with Crippen molar-refractivity contribution in [2.75, 3.05) is 33.9 Å². The van der Waals surface area contributed by atoms with Crippen LogP contribution in [0, 0.1) is 5.41 Å². The third kappa shape index (κ3) is 4.14. The predicted octanol–water partition coefficient (Wildman–Crippen LogP) is 0.215. The number of carboxylic acid groups (broad SMARTS) is 1. The topological polar surface area (TPSA) is 131 Å². The smallest absolute Gasteiger partial charge is 0.311 e. The second-order valence-electron chi connectivity index (χ2n) is 5.95. The molecule has 0 radical (unpaired) electrons. The maximum absolute atomic E-state index is 12.4. The zero-order valence-electron chi connectivity index (χ0n) is 14.6. The first kappa shape index (κ1) is 20.1. The molecule has 1 aromatic rings. The van der Waals surface area contributed by atoms with Crippen molar-refractivity contribution in [3.63, 3.8) is 0 Å². The second-order valence-corrected chi connectivity index (χ2v) is 7.81. The van der Waals surface area contributed by atoms with Gasteiger partial charge in [0, 0.05) is 25.3 Å². The first-order chi connectivity index (χ1) is 12.3. The Morgan fingerprint density at radius 3 is 2.50 bits per heavy atom. The molecule has 0 aliphatic carbocycles. The summed E-state index contributed by atoms with van der Waals surface area (Å²) in [5.74, 6) is -1.45. The molecule has 0 atom stereocenters. The molecule has 1 saturated heterocycles. The number of nitrogens with one attached hydrogen (secondary N) is 2. The van der Waals surface area contributed by atoms with Gasteiger partial charge in [-0.25, -0.2) is 13.1 Å². The first-order valence-electron chi connectivity index (χ1n) is 7.97. The lowest BCUT2D eigenvalue weighted by molar-refractivity contribution is -0.154. The Bertz CT molecular complexity index is 786. The number of aliphatic carboxylic acids is 1. The third-order valence-electron chi connectivity index (χ3n) is 4.47. The quantitative estimate of drug-likeness (QED) is 0.611. The number of benzene rings is 1. The molecular weight excluding hydrogens is 364 g/mol. The summed E-state index contributed by atoms with van der Waals surface area (Å²) in [4.78, 5) is 23.9. The number of carboxylic acids is 1. The van der Waals surface area contributed by atoms with Crippen molar-refractivity contribution >= 4 is 21.9 Å². The van der Waals surface area contributed by atoms with Crippen LogP contribution in [0.1, 0.15) is 23.2 Å². The van der Waals surface area contributed by atoms with Crippen LogP contribution in [0.25, 0.3) is 0 Å². The molecule has 2 rings (SSSR count). The van der Waals surface area contributed by atoms with E-state index in [0.717, 1.165) is 0 Å². The molecule has 1 aliphatic rings. The second kappa shape index (κ2) is 8.02. The molecule has 1 aromatic carbocycles. The number of ether oxygens (including phenoxy) is 2. The number of carbonyl (C=O) groups is 2. The lowest BCUT2D eigenvalue weighted by atomic mass is 9.80.